The fourth-order valence-corrected chi connectivity index (χ4v) is 4.26. The summed E-state index contributed by atoms with van der Waals surface area (Å²) in [7, 11) is 0. The largest absolute Gasteiger partial charge is 0.489 e. The molecule has 0 unspecified atom stereocenters. The van der Waals surface area contributed by atoms with Crippen LogP contribution in [0.15, 0.2) is 41.1 Å². The second-order valence-corrected chi connectivity index (χ2v) is 8.35. The van der Waals surface area contributed by atoms with Gasteiger partial charge >= 0.3 is 5.97 Å². The number of hydrogen-bond acceptors (Lipinski definition) is 7. The number of anilines is 1. The Hall–Kier alpha value is -2.59. The fraction of sp³-hybridized carbons (Fsp3) is 0.263. The highest BCUT2D eigenvalue weighted by Crippen LogP contribution is 2.32. The molecular weight excluding hydrogens is 463 g/mol. The summed E-state index contributed by atoms with van der Waals surface area (Å²) in [4.78, 5) is 17.2. The maximum atomic E-state index is 13.4. The van der Waals surface area contributed by atoms with E-state index in [1.807, 2.05) is 0 Å². The number of piperidine rings is 1. The number of pyridine rings is 1. The van der Waals surface area contributed by atoms with Gasteiger partial charge in [-0.25, -0.2) is 9.18 Å². The highest BCUT2D eigenvalue weighted by Gasteiger charge is 2.24. The molecule has 1 saturated heterocycles. The van der Waals surface area contributed by atoms with Crippen molar-refractivity contribution in [3.8, 4) is 16.3 Å². The first-order chi connectivity index (χ1) is 14.0. The molecule has 1 aliphatic rings. The number of rotatable bonds is 5. The Morgan fingerprint density at radius 1 is 1.24 bits per heavy atom. The Kier molecular flexibility index (Phi) is 5.72. The van der Waals surface area contributed by atoms with Crippen LogP contribution in [-0.2, 0) is 0 Å². The Labute approximate surface area is 178 Å². The molecule has 1 N–H and O–H groups in total. The smallest absolute Gasteiger partial charge is 0.337 e. The standard InChI is InChI=1S/C19H16BrFN4O3S/c20-15-2-1-13(21)8-16(15)28-14-3-5-25(6-4-14)19-24-23-17(29-19)11-7-12(18(26)27)10-22-9-11/h1-2,7-10,14H,3-6H2,(H,26,27). The van der Waals surface area contributed by atoms with Crippen LogP contribution in [0.1, 0.15) is 23.2 Å². The Morgan fingerprint density at radius 2 is 2.03 bits per heavy atom. The maximum absolute atomic E-state index is 13.4. The van der Waals surface area contributed by atoms with Gasteiger partial charge in [0.05, 0.1) is 10.0 Å². The van der Waals surface area contributed by atoms with Crippen molar-refractivity contribution in [3.63, 3.8) is 0 Å². The fourth-order valence-electron chi connectivity index (χ4n) is 3.05. The quantitative estimate of drug-likeness (QED) is 0.586. The van der Waals surface area contributed by atoms with Gasteiger partial charge in [-0.05, 0) is 34.1 Å². The van der Waals surface area contributed by atoms with Gasteiger partial charge in [-0.15, -0.1) is 10.2 Å². The summed E-state index contributed by atoms with van der Waals surface area (Å²) in [6.07, 6.45) is 4.42. The second-order valence-electron chi connectivity index (χ2n) is 6.54. The number of halogens is 2. The van der Waals surface area contributed by atoms with Gasteiger partial charge in [0.2, 0.25) is 5.13 Å². The third-order valence-corrected chi connectivity index (χ3v) is 6.23. The number of aromatic nitrogens is 3. The van der Waals surface area contributed by atoms with E-state index in [0.29, 0.717) is 16.3 Å². The van der Waals surface area contributed by atoms with Crippen molar-refractivity contribution < 1.29 is 19.0 Å². The lowest BCUT2D eigenvalue weighted by Gasteiger charge is -2.31. The SMILES string of the molecule is O=C(O)c1cncc(-c2nnc(N3CCC(Oc4cc(F)ccc4Br)CC3)s2)c1. The predicted octanol–water partition coefficient (Wildman–Crippen LogP) is 4.25. The number of benzene rings is 1. The summed E-state index contributed by atoms with van der Waals surface area (Å²) in [5.74, 6) is -0.855. The average Bonchev–Trinajstić information content (AvgIpc) is 3.22. The van der Waals surface area contributed by atoms with Crippen LogP contribution in [0.25, 0.3) is 10.6 Å². The lowest BCUT2D eigenvalue weighted by atomic mass is 10.1. The van der Waals surface area contributed by atoms with Gasteiger partial charge in [0.25, 0.3) is 0 Å². The molecule has 150 valence electrons. The number of hydrogen-bond donors (Lipinski definition) is 1. The first kappa shape index (κ1) is 19.7. The van der Waals surface area contributed by atoms with E-state index in [0.717, 1.165) is 35.5 Å². The first-order valence-electron chi connectivity index (χ1n) is 8.88. The summed E-state index contributed by atoms with van der Waals surface area (Å²) in [5.41, 5.74) is 0.739. The lowest BCUT2D eigenvalue weighted by Crippen LogP contribution is -2.38. The maximum Gasteiger partial charge on any atom is 0.337 e. The molecule has 0 aliphatic carbocycles. The molecule has 4 rings (SSSR count). The number of ether oxygens (including phenoxy) is 1. The predicted molar refractivity (Wildman–Crippen MR) is 110 cm³/mol. The van der Waals surface area contributed by atoms with Crippen LogP contribution in [0.5, 0.6) is 5.75 Å². The number of nitrogens with zero attached hydrogens (tertiary/aromatic N) is 4. The van der Waals surface area contributed by atoms with Crippen LogP contribution in [0.4, 0.5) is 9.52 Å². The molecule has 3 aromatic rings. The molecule has 10 heteroatoms. The Morgan fingerprint density at radius 3 is 2.79 bits per heavy atom. The second kappa shape index (κ2) is 8.42. The number of aromatic carboxylic acids is 1. The Balaban J connectivity index is 1.40. The van der Waals surface area contributed by atoms with Crippen molar-refractivity contribution in [1.82, 2.24) is 15.2 Å². The summed E-state index contributed by atoms with van der Waals surface area (Å²) in [6, 6.07) is 5.94. The zero-order chi connectivity index (χ0) is 20.4. The molecule has 0 atom stereocenters. The van der Waals surface area contributed by atoms with Crippen LogP contribution >= 0.6 is 27.3 Å². The molecule has 2 aromatic heterocycles. The summed E-state index contributed by atoms with van der Waals surface area (Å²) in [5, 5.41) is 18.9. The van der Waals surface area contributed by atoms with Crippen LogP contribution in [0.2, 0.25) is 0 Å². The lowest BCUT2D eigenvalue weighted by molar-refractivity contribution is 0.0696. The van der Waals surface area contributed by atoms with Gasteiger partial charge in [0, 0.05) is 50.0 Å². The average molecular weight is 479 g/mol. The molecule has 1 aliphatic heterocycles. The number of carbonyl (C=O) groups is 1. The van der Waals surface area contributed by atoms with Crippen LogP contribution in [-0.4, -0.2) is 45.5 Å². The zero-order valence-electron chi connectivity index (χ0n) is 15.1. The molecule has 0 saturated carbocycles. The monoisotopic (exact) mass is 478 g/mol. The van der Waals surface area contributed by atoms with Gasteiger partial charge in [-0.2, -0.15) is 0 Å². The molecule has 1 fully saturated rings. The summed E-state index contributed by atoms with van der Waals surface area (Å²) >= 11 is 4.78. The van der Waals surface area contributed by atoms with E-state index in [1.165, 1.54) is 35.7 Å². The summed E-state index contributed by atoms with van der Waals surface area (Å²) in [6.45, 7) is 1.47. The topological polar surface area (TPSA) is 88.4 Å². The highest BCUT2D eigenvalue weighted by atomic mass is 79.9. The van der Waals surface area contributed by atoms with Crippen molar-refractivity contribution in [2.45, 2.75) is 18.9 Å². The van der Waals surface area contributed by atoms with E-state index < -0.39 is 5.97 Å². The van der Waals surface area contributed by atoms with Gasteiger partial charge in [-0.3, -0.25) is 4.98 Å². The molecule has 29 heavy (non-hydrogen) atoms. The summed E-state index contributed by atoms with van der Waals surface area (Å²) < 4.78 is 20.1. The van der Waals surface area contributed by atoms with Gasteiger partial charge < -0.3 is 14.7 Å². The van der Waals surface area contributed by atoms with Crippen molar-refractivity contribution >= 4 is 38.4 Å². The number of carboxylic acids is 1. The first-order valence-corrected chi connectivity index (χ1v) is 10.5. The molecule has 7 nitrogen and oxygen atoms in total. The highest BCUT2D eigenvalue weighted by molar-refractivity contribution is 9.10. The number of carboxylic acid groups (broad SMARTS) is 1. The van der Waals surface area contributed by atoms with E-state index in [1.54, 1.807) is 12.3 Å². The molecule has 0 bridgehead atoms. The van der Waals surface area contributed by atoms with Crippen molar-refractivity contribution in [3.05, 3.63) is 52.5 Å². The molecule has 0 radical (unpaired) electrons. The van der Waals surface area contributed by atoms with Crippen LogP contribution in [0.3, 0.4) is 0 Å². The van der Waals surface area contributed by atoms with E-state index in [4.69, 9.17) is 9.84 Å². The Bertz CT molecular complexity index is 1040. The van der Waals surface area contributed by atoms with Crippen molar-refractivity contribution in [2.75, 3.05) is 18.0 Å². The minimum absolute atomic E-state index is 0.00631. The third-order valence-electron chi connectivity index (χ3n) is 4.55. The molecule has 0 spiro atoms. The third kappa shape index (κ3) is 4.54. The zero-order valence-corrected chi connectivity index (χ0v) is 17.5. The van der Waals surface area contributed by atoms with Gasteiger partial charge in [0.15, 0.2) is 5.01 Å². The van der Waals surface area contributed by atoms with E-state index >= 15 is 0 Å². The minimum atomic E-state index is -1.03. The van der Waals surface area contributed by atoms with Gasteiger partial charge in [0.1, 0.15) is 17.7 Å². The molecular formula is C19H16BrFN4O3S. The van der Waals surface area contributed by atoms with Crippen molar-refractivity contribution in [1.29, 1.82) is 0 Å². The normalized spacial score (nSPS) is 14.8. The molecule has 1 aromatic carbocycles. The molecule has 0 amide bonds. The van der Waals surface area contributed by atoms with Crippen LogP contribution < -0.4 is 9.64 Å². The van der Waals surface area contributed by atoms with Crippen LogP contribution in [0, 0.1) is 5.82 Å². The molecule has 3 heterocycles. The minimum Gasteiger partial charge on any atom is -0.489 e. The van der Waals surface area contributed by atoms with E-state index in [9.17, 15) is 9.18 Å². The van der Waals surface area contributed by atoms with Gasteiger partial charge in [-0.1, -0.05) is 11.3 Å². The van der Waals surface area contributed by atoms with E-state index in [2.05, 4.69) is 36.0 Å². The van der Waals surface area contributed by atoms with E-state index in [-0.39, 0.29) is 17.5 Å². The van der Waals surface area contributed by atoms with Crippen molar-refractivity contribution in [2.24, 2.45) is 0 Å².